The van der Waals surface area contributed by atoms with Crippen molar-refractivity contribution in [3.63, 3.8) is 0 Å². The van der Waals surface area contributed by atoms with Crippen LogP contribution in [-0.4, -0.2) is 20.0 Å². The molecule has 94 valence electrons. The molecule has 17 heavy (non-hydrogen) atoms. The fraction of sp³-hybridized carbons (Fsp3) is 0.500. The summed E-state index contributed by atoms with van der Waals surface area (Å²) in [6.45, 7) is 8.32. The number of benzene rings is 1. The van der Waals surface area contributed by atoms with E-state index in [4.69, 9.17) is 0 Å². The van der Waals surface area contributed by atoms with Crippen LogP contribution in [0.4, 0.5) is 0 Å². The van der Waals surface area contributed by atoms with Crippen molar-refractivity contribution in [2.75, 3.05) is 14.1 Å². The average molecular weight is 234 g/mol. The zero-order chi connectivity index (χ0) is 13.2. The summed E-state index contributed by atoms with van der Waals surface area (Å²) in [5, 5.41) is 5.80. The van der Waals surface area contributed by atoms with Gasteiger partial charge in [-0.2, -0.15) is 0 Å². The summed E-state index contributed by atoms with van der Waals surface area (Å²) < 4.78 is 0. The van der Waals surface area contributed by atoms with Crippen molar-refractivity contribution in [3.8, 4) is 0 Å². The van der Waals surface area contributed by atoms with Crippen LogP contribution in [0.2, 0.25) is 0 Å². The lowest BCUT2D eigenvalue weighted by Gasteiger charge is -2.22. The molecule has 0 fully saturated rings. The molecule has 2 N–H and O–H groups in total. The number of nitrogens with one attached hydrogen (secondary N) is 2. The maximum atomic E-state index is 11.9. The number of rotatable bonds is 3. The van der Waals surface area contributed by atoms with Crippen molar-refractivity contribution in [2.45, 2.75) is 33.7 Å². The van der Waals surface area contributed by atoms with Crippen molar-refractivity contribution in [2.24, 2.45) is 0 Å². The maximum absolute atomic E-state index is 11.9. The highest BCUT2D eigenvalue weighted by Crippen LogP contribution is 2.27. The Balaban J connectivity index is 3.42. The minimum atomic E-state index is -0.279. The minimum absolute atomic E-state index is 0.00343. The van der Waals surface area contributed by atoms with Gasteiger partial charge in [0.1, 0.15) is 6.04 Å². The molecule has 1 amide bonds. The van der Waals surface area contributed by atoms with E-state index in [-0.39, 0.29) is 11.9 Å². The lowest BCUT2D eigenvalue weighted by molar-refractivity contribution is -0.122. The molecule has 0 radical (unpaired) electrons. The average Bonchev–Trinajstić information content (AvgIpc) is 2.31. The van der Waals surface area contributed by atoms with Crippen LogP contribution in [0.5, 0.6) is 0 Å². The summed E-state index contributed by atoms with van der Waals surface area (Å²) in [4.78, 5) is 11.9. The van der Waals surface area contributed by atoms with Crippen LogP contribution in [0.3, 0.4) is 0 Å². The summed E-state index contributed by atoms with van der Waals surface area (Å²) in [5.74, 6) is 0.00343. The third-order valence-electron chi connectivity index (χ3n) is 3.51. The van der Waals surface area contributed by atoms with Crippen molar-refractivity contribution >= 4 is 5.91 Å². The molecule has 1 atom stereocenters. The second kappa shape index (κ2) is 5.32. The van der Waals surface area contributed by atoms with E-state index in [1.54, 1.807) is 7.05 Å². The molecule has 0 saturated heterocycles. The van der Waals surface area contributed by atoms with Gasteiger partial charge in [0, 0.05) is 7.05 Å². The molecule has 1 rings (SSSR count). The van der Waals surface area contributed by atoms with Crippen LogP contribution in [0, 0.1) is 27.7 Å². The molecule has 0 aliphatic heterocycles. The Hall–Kier alpha value is -1.35. The van der Waals surface area contributed by atoms with Crippen LogP contribution in [0.1, 0.15) is 33.9 Å². The van der Waals surface area contributed by atoms with Gasteiger partial charge in [0.25, 0.3) is 0 Å². The molecule has 0 aliphatic carbocycles. The van der Waals surface area contributed by atoms with Gasteiger partial charge in [-0.3, -0.25) is 4.79 Å². The van der Waals surface area contributed by atoms with Crippen LogP contribution in [0.25, 0.3) is 0 Å². The molecule has 3 nitrogen and oxygen atoms in total. The largest absolute Gasteiger partial charge is 0.358 e. The summed E-state index contributed by atoms with van der Waals surface area (Å²) in [6, 6.07) is 1.89. The normalized spacial score (nSPS) is 12.4. The molecular weight excluding hydrogens is 212 g/mol. The highest BCUT2D eigenvalue weighted by Gasteiger charge is 2.22. The van der Waals surface area contributed by atoms with Crippen molar-refractivity contribution in [1.29, 1.82) is 0 Å². The Kier molecular flexibility index (Phi) is 4.29. The zero-order valence-corrected chi connectivity index (χ0v) is 11.6. The first kappa shape index (κ1) is 13.7. The molecule has 0 saturated carbocycles. The SMILES string of the molecule is CNC(=O)C(NC)c1c(C)c(C)cc(C)c1C. The molecule has 0 aliphatic rings. The van der Waals surface area contributed by atoms with Gasteiger partial charge in [-0.05, 0) is 62.6 Å². The third-order valence-corrected chi connectivity index (χ3v) is 3.51. The quantitative estimate of drug-likeness (QED) is 0.839. The first-order valence-electron chi connectivity index (χ1n) is 5.90. The fourth-order valence-corrected chi connectivity index (χ4v) is 2.23. The van der Waals surface area contributed by atoms with Gasteiger partial charge in [0.15, 0.2) is 0 Å². The van der Waals surface area contributed by atoms with E-state index in [1.165, 1.54) is 22.3 Å². The van der Waals surface area contributed by atoms with Crippen molar-refractivity contribution in [3.05, 3.63) is 33.9 Å². The Morgan fingerprint density at radius 3 is 1.88 bits per heavy atom. The molecule has 0 aromatic heterocycles. The summed E-state index contributed by atoms with van der Waals surface area (Å²) in [6.07, 6.45) is 0. The van der Waals surface area contributed by atoms with Crippen LogP contribution >= 0.6 is 0 Å². The number of hydrogen-bond donors (Lipinski definition) is 2. The molecule has 0 spiro atoms. The number of hydrogen-bond acceptors (Lipinski definition) is 2. The van der Waals surface area contributed by atoms with E-state index in [0.29, 0.717) is 0 Å². The zero-order valence-electron chi connectivity index (χ0n) is 11.6. The van der Waals surface area contributed by atoms with E-state index in [1.807, 2.05) is 7.05 Å². The van der Waals surface area contributed by atoms with Crippen molar-refractivity contribution in [1.82, 2.24) is 10.6 Å². The Morgan fingerprint density at radius 1 is 1.06 bits per heavy atom. The van der Waals surface area contributed by atoms with Crippen LogP contribution < -0.4 is 10.6 Å². The number of amides is 1. The second-order valence-corrected chi connectivity index (χ2v) is 4.51. The second-order valence-electron chi connectivity index (χ2n) is 4.51. The van der Waals surface area contributed by atoms with E-state index in [0.717, 1.165) is 5.56 Å². The van der Waals surface area contributed by atoms with Gasteiger partial charge >= 0.3 is 0 Å². The summed E-state index contributed by atoms with van der Waals surface area (Å²) in [7, 11) is 3.48. The molecular formula is C14H22N2O. The van der Waals surface area contributed by atoms with Gasteiger partial charge in [-0.1, -0.05) is 6.07 Å². The standard InChI is InChI=1S/C14H22N2O/c1-8-7-9(2)11(4)12(10(8)3)13(15-5)14(17)16-6/h7,13,15H,1-6H3,(H,16,17). The Labute approximate surface area is 104 Å². The highest BCUT2D eigenvalue weighted by atomic mass is 16.2. The van der Waals surface area contributed by atoms with Gasteiger partial charge in [-0.15, -0.1) is 0 Å². The Morgan fingerprint density at radius 2 is 1.53 bits per heavy atom. The summed E-state index contributed by atoms with van der Waals surface area (Å²) in [5.41, 5.74) is 5.94. The molecule has 3 heteroatoms. The lowest BCUT2D eigenvalue weighted by atomic mass is 9.89. The molecule has 1 unspecified atom stereocenters. The van der Waals surface area contributed by atoms with E-state index in [9.17, 15) is 4.79 Å². The fourth-order valence-electron chi connectivity index (χ4n) is 2.23. The van der Waals surface area contributed by atoms with Crippen LogP contribution in [0.15, 0.2) is 6.07 Å². The first-order chi connectivity index (χ1) is 7.93. The van der Waals surface area contributed by atoms with Gasteiger partial charge in [0.2, 0.25) is 5.91 Å². The van der Waals surface area contributed by atoms with Gasteiger partial charge in [-0.25, -0.2) is 0 Å². The number of aryl methyl sites for hydroxylation is 2. The number of carbonyl (C=O) groups is 1. The topological polar surface area (TPSA) is 41.1 Å². The van der Waals surface area contributed by atoms with Crippen LogP contribution in [-0.2, 0) is 4.79 Å². The predicted octanol–water partition coefficient (Wildman–Crippen LogP) is 1.93. The number of likely N-dealkylation sites (N-methyl/N-ethyl adjacent to an activating group) is 2. The number of carbonyl (C=O) groups excluding carboxylic acids is 1. The van der Waals surface area contributed by atoms with Gasteiger partial charge in [0.05, 0.1) is 0 Å². The van der Waals surface area contributed by atoms with E-state index >= 15 is 0 Å². The molecule has 0 heterocycles. The molecule has 1 aromatic rings. The Bertz CT molecular complexity index is 412. The minimum Gasteiger partial charge on any atom is -0.358 e. The first-order valence-corrected chi connectivity index (χ1v) is 5.90. The van der Waals surface area contributed by atoms with Crippen molar-refractivity contribution < 1.29 is 4.79 Å². The predicted molar refractivity (Wildman–Crippen MR) is 71.3 cm³/mol. The lowest BCUT2D eigenvalue weighted by Crippen LogP contribution is -2.35. The monoisotopic (exact) mass is 234 g/mol. The smallest absolute Gasteiger partial charge is 0.241 e. The van der Waals surface area contributed by atoms with E-state index in [2.05, 4.69) is 44.4 Å². The maximum Gasteiger partial charge on any atom is 0.241 e. The molecule has 1 aromatic carbocycles. The highest BCUT2D eigenvalue weighted by molar-refractivity contribution is 5.84. The van der Waals surface area contributed by atoms with E-state index < -0.39 is 0 Å². The summed E-state index contributed by atoms with van der Waals surface area (Å²) >= 11 is 0. The third kappa shape index (κ3) is 2.50. The molecule has 0 bridgehead atoms. The van der Waals surface area contributed by atoms with Gasteiger partial charge < -0.3 is 10.6 Å².